The molecule has 0 fully saturated rings. The zero-order chi connectivity index (χ0) is 27.5. The summed E-state index contributed by atoms with van der Waals surface area (Å²) in [5.74, 6) is 1.18. The van der Waals surface area contributed by atoms with Gasteiger partial charge in [0.2, 0.25) is 5.91 Å². The molecule has 1 N–H and O–H groups in total. The number of benzene rings is 2. The Labute approximate surface area is 229 Å². The molecule has 9 heteroatoms. The van der Waals surface area contributed by atoms with Gasteiger partial charge in [-0.1, -0.05) is 24.3 Å². The maximum absolute atomic E-state index is 13.6. The molecule has 0 aliphatic carbocycles. The summed E-state index contributed by atoms with van der Waals surface area (Å²) in [4.78, 5) is 31.3. The van der Waals surface area contributed by atoms with E-state index in [1.54, 1.807) is 32.7 Å². The van der Waals surface area contributed by atoms with Crippen molar-refractivity contribution in [2.24, 2.45) is 0 Å². The van der Waals surface area contributed by atoms with Gasteiger partial charge < -0.3 is 29.3 Å². The molecular weight excluding hydrogens is 502 g/mol. The standard InChI is InChI=1S/C29H37N3O5S/c1-21-8-6-7-9-24(21)30-29(34)32(15-16-35-3)20-28(33)31(19-27-22(2)13-17-38-27)14-12-23-10-11-25(36-4)26(18-23)37-5/h6-11,13,17-18H,12,14-16,19-20H2,1-5H3,(H,30,34). The van der Waals surface area contributed by atoms with E-state index in [0.717, 1.165) is 21.6 Å². The van der Waals surface area contributed by atoms with Crippen LogP contribution < -0.4 is 14.8 Å². The summed E-state index contributed by atoms with van der Waals surface area (Å²) in [5.41, 5.74) is 3.83. The number of ether oxygens (including phenoxy) is 3. The number of carbonyl (C=O) groups excluding carboxylic acids is 2. The molecule has 3 aromatic rings. The fourth-order valence-electron chi connectivity index (χ4n) is 3.96. The quantitative estimate of drug-likeness (QED) is 0.326. The first kappa shape index (κ1) is 29.0. The van der Waals surface area contributed by atoms with Crippen LogP contribution >= 0.6 is 11.3 Å². The third kappa shape index (κ3) is 7.97. The van der Waals surface area contributed by atoms with Crippen LogP contribution in [-0.4, -0.2) is 69.3 Å². The molecule has 1 aromatic heterocycles. The van der Waals surface area contributed by atoms with E-state index in [0.29, 0.717) is 49.8 Å². The van der Waals surface area contributed by atoms with E-state index in [1.165, 1.54) is 4.90 Å². The van der Waals surface area contributed by atoms with E-state index in [9.17, 15) is 9.59 Å². The first-order valence-electron chi connectivity index (χ1n) is 12.5. The number of hydrogen-bond acceptors (Lipinski definition) is 6. The molecule has 8 nitrogen and oxygen atoms in total. The van der Waals surface area contributed by atoms with Crippen LogP contribution in [0.15, 0.2) is 53.9 Å². The van der Waals surface area contributed by atoms with E-state index in [2.05, 4.69) is 11.4 Å². The summed E-state index contributed by atoms with van der Waals surface area (Å²) >= 11 is 1.63. The van der Waals surface area contributed by atoms with Crippen molar-refractivity contribution in [1.29, 1.82) is 0 Å². The minimum absolute atomic E-state index is 0.0581. The van der Waals surface area contributed by atoms with Gasteiger partial charge in [0.05, 0.1) is 27.4 Å². The van der Waals surface area contributed by atoms with Crippen LogP contribution in [0.1, 0.15) is 21.6 Å². The average molecular weight is 540 g/mol. The highest BCUT2D eigenvalue weighted by molar-refractivity contribution is 7.10. The number of aryl methyl sites for hydroxylation is 2. The highest BCUT2D eigenvalue weighted by Gasteiger charge is 2.23. The van der Waals surface area contributed by atoms with Crippen LogP contribution in [0.3, 0.4) is 0 Å². The predicted molar refractivity (Wildman–Crippen MR) is 151 cm³/mol. The molecule has 0 bridgehead atoms. The van der Waals surface area contributed by atoms with E-state index >= 15 is 0 Å². The minimum Gasteiger partial charge on any atom is -0.493 e. The summed E-state index contributed by atoms with van der Waals surface area (Å²) in [5, 5.41) is 4.97. The fraction of sp³-hybridized carbons (Fsp3) is 0.379. The molecule has 0 atom stereocenters. The number of urea groups is 1. The molecule has 0 aliphatic rings. The van der Waals surface area contributed by atoms with Crippen molar-refractivity contribution >= 4 is 29.0 Å². The molecule has 0 radical (unpaired) electrons. The molecule has 0 saturated carbocycles. The number of nitrogens with one attached hydrogen (secondary N) is 1. The van der Waals surface area contributed by atoms with Crippen molar-refractivity contribution in [2.75, 3.05) is 52.9 Å². The van der Waals surface area contributed by atoms with Gasteiger partial charge in [-0.05, 0) is 66.6 Å². The van der Waals surface area contributed by atoms with Gasteiger partial charge in [0, 0.05) is 30.8 Å². The smallest absolute Gasteiger partial charge is 0.322 e. The fourth-order valence-corrected chi connectivity index (χ4v) is 4.88. The summed E-state index contributed by atoms with van der Waals surface area (Å²) in [6.07, 6.45) is 0.629. The summed E-state index contributed by atoms with van der Waals surface area (Å²) < 4.78 is 16.0. The number of anilines is 1. The van der Waals surface area contributed by atoms with E-state index in [4.69, 9.17) is 14.2 Å². The second-order valence-corrected chi connectivity index (χ2v) is 9.94. The largest absolute Gasteiger partial charge is 0.493 e. The van der Waals surface area contributed by atoms with Crippen molar-refractivity contribution in [1.82, 2.24) is 9.80 Å². The lowest BCUT2D eigenvalue weighted by Gasteiger charge is -2.28. The van der Waals surface area contributed by atoms with Crippen molar-refractivity contribution in [3.63, 3.8) is 0 Å². The van der Waals surface area contributed by atoms with Gasteiger partial charge in [-0.2, -0.15) is 0 Å². The predicted octanol–water partition coefficient (Wildman–Crippen LogP) is 5.13. The number of thiophene rings is 1. The summed E-state index contributed by atoms with van der Waals surface area (Å²) in [7, 11) is 4.79. The first-order valence-corrected chi connectivity index (χ1v) is 13.4. The lowest BCUT2D eigenvalue weighted by molar-refractivity contribution is -0.132. The Kier molecular flexibility index (Phi) is 11.0. The molecule has 38 heavy (non-hydrogen) atoms. The molecule has 0 aliphatic heterocycles. The Morgan fingerprint density at radius 3 is 2.32 bits per heavy atom. The summed E-state index contributed by atoms with van der Waals surface area (Å²) in [6, 6.07) is 15.0. The number of hydrogen-bond donors (Lipinski definition) is 1. The number of methoxy groups -OCH3 is 3. The number of nitrogens with zero attached hydrogens (tertiary/aromatic N) is 2. The molecule has 1 heterocycles. The lowest BCUT2D eigenvalue weighted by atomic mass is 10.1. The van der Waals surface area contributed by atoms with E-state index < -0.39 is 0 Å². The second-order valence-electron chi connectivity index (χ2n) is 8.94. The van der Waals surface area contributed by atoms with Crippen LogP contribution in [0.2, 0.25) is 0 Å². The maximum atomic E-state index is 13.6. The maximum Gasteiger partial charge on any atom is 0.322 e. The Balaban J connectivity index is 1.77. The van der Waals surface area contributed by atoms with Gasteiger partial charge in [0.1, 0.15) is 6.54 Å². The molecule has 0 unspecified atom stereocenters. The number of rotatable bonds is 13. The van der Waals surface area contributed by atoms with Crippen molar-refractivity contribution < 1.29 is 23.8 Å². The Bertz CT molecular complexity index is 1210. The van der Waals surface area contributed by atoms with Crippen LogP contribution in [0, 0.1) is 13.8 Å². The molecule has 3 rings (SSSR count). The van der Waals surface area contributed by atoms with Gasteiger partial charge in [0.15, 0.2) is 11.5 Å². The number of para-hydroxylation sites is 1. The third-order valence-corrected chi connectivity index (χ3v) is 7.35. The zero-order valence-corrected chi connectivity index (χ0v) is 23.6. The van der Waals surface area contributed by atoms with Gasteiger partial charge >= 0.3 is 6.03 Å². The Morgan fingerprint density at radius 1 is 0.895 bits per heavy atom. The van der Waals surface area contributed by atoms with E-state index in [1.807, 2.05) is 66.6 Å². The topological polar surface area (TPSA) is 80.3 Å². The molecular formula is C29H37N3O5S. The Hall–Kier alpha value is -3.56. The highest BCUT2D eigenvalue weighted by atomic mass is 32.1. The lowest BCUT2D eigenvalue weighted by Crippen LogP contribution is -2.46. The Morgan fingerprint density at radius 2 is 1.66 bits per heavy atom. The molecule has 3 amide bonds. The van der Waals surface area contributed by atoms with Gasteiger partial charge in [0.25, 0.3) is 0 Å². The van der Waals surface area contributed by atoms with Crippen LogP contribution in [-0.2, 0) is 22.5 Å². The number of carbonyl (C=O) groups is 2. The van der Waals surface area contributed by atoms with Crippen LogP contribution in [0.5, 0.6) is 11.5 Å². The SMILES string of the molecule is COCCN(CC(=O)N(CCc1ccc(OC)c(OC)c1)Cc1sccc1C)C(=O)Nc1ccccc1C. The zero-order valence-electron chi connectivity index (χ0n) is 22.8. The van der Waals surface area contributed by atoms with Crippen LogP contribution in [0.4, 0.5) is 10.5 Å². The monoisotopic (exact) mass is 539 g/mol. The molecule has 0 saturated heterocycles. The molecule has 0 spiro atoms. The van der Waals surface area contributed by atoms with Gasteiger partial charge in [-0.15, -0.1) is 11.3 Å². The highest BCUT2D eigenvalue weighted by Crippen LogP contribution is 2.28. The summed E-state index contributed by atoms with van der Waals surface area (Å²) in [6.45, 7) is 5.50. The second kappa shape index (κ2) is 14.4. The van der Waals surface area contributed by atoms with Crippen LogP contribution in [0.25, 0.3) is 0 Å². The van der Waals surface area contributed by atoms with Gasteiger partial charge in [-0.25, -0.2) is 4.79 Å². The molecule has 2 aromatic carbocycles. The molecule has 204 valence electrons. The van der Waals surface area contributed by atoms with Gasteiger partial charge in [-0.3, -0.25) is 4.79 Å². The minimum atomic E-state index is -0.336. The van der Waals surface area contributed by atoms with E-state index in [-0.39, 0.29) is 18.5 Å². The normalized spacial score (nSPS) is 10.7. The first-order chi connectivity index (χ1) is 18.4. The van der Waals surface area contributed by atoms with Crippen molar-refractivity contribution in [3.05, 3.63) is 75.5 Å². The number of amides is 3. The van der Waals surface area contributed by atoms with Crippen molar-refractivity contribution in [2.45, 2.75) is 26.8 Å². The van der Waals surface area contributed by atoms with Crippen molar-refractivity contribution in [3.8, 4) is 11.5 Å². The average Bonchev–Trinajstić information content (AvgIpc) is 3.33. The third-order valence-electron chi connectivity index (χ3n) is 6.34.